The van der Waals surface area contributed by atoms with Crippen molar-refractivity contribution in [2.45, 2.75) is 51.6 Å². The van der Waals surface area contributed by atoms with Crippen molar-refractivity contribution in [3.8, 4) is 5.75 Å². The van der Waals surface area contributed by atoms with Crippen LogP contribution in [0.2, 0.25) is 0 Å². The van der Waals surface area contributed by atoms with Crippen LogP contribution in [-0.4, -0.2) is 31.8 Å². The quantitative estimate of drug-likeness (QED) is 0.757. The first kappa shape index (κ1) is 17.8. The van der Waals surface area contributed by atoms with Crippen molar-refractivity contribution in [3.63, 3.8) is 0 Å². The minimum atomic E-state index is -0.314. The van der Waals surface area contributed by atoms with Crippen molar-refractivity contribution in [1.29, 1.82) is 0 Å². The van der Waals surface area contributed by atoms with Crippen LogP contribution in [0.15, 0.2) is 24.3 Å². The fourth-order valence-corrected chi connectivity index (χ4v) is 2.52. The lowest BCUT2D eigenvalue weighted by Gasteiger charge is -2.26. The highest BCUT2D eigenvalue weighted by molar-refractivity contribution is 5.77. The highest BCUT2D eigenvalue weighted by atomic mass is 16.5. The van der Waals surface area contributed by atoms with Gasteiger partial charge in [-0.2, -0.15) is 0 Å². The van der Waals surface area contributed by atoms with Crippen molar-refractivity contribution in [2.75, 3.05) is 20.3 Å². The lowest BCUT2D eigenvalue weighted by molar-refractivity contribution is -0.123. The second kappa shape index (κ2) is 7.82. The molecule has 1 amide bonds. The number of nitrogens with one attached hydrogen (secondary N) is 1. The van der Waals surface area contributed by atoms with E-state index in [-0.39, 0.29) is 17.4 Å². The summed E-state index contributed by atoms with van der Waals surface area (Å²) in [6, 6.07) is 7.86. The van der Waals surface area contributed by atoms with Crippen LogP contribution in [0.1, 0.15) is 51.5 Å². The maximum Gasteiger partial charge on any atom is 0.220 e. The monoisotopic (exact) mass is 319 g/mol. The topological polar surface area (TPSA) is 47.6 Å². The van der Waals surface area contributed by atoms with E-state index >= 15 is 0 Å². The summed E-state index contributed by atoms with van der Waals surface area (Å²) < 4.78 is 11.3. The third-order valence-electron chi connectivity index (χ3n) is 4.28. The molecule has 0 saturated heterocycles. The highest BCUT2D eigenvalue weighted by Gasteiger charge is 2.27. The Hall–Kier alpha value is -1.55. The van der Waals surface area contributed by atoms with Crippen LogP contribution in [-0.2, 0) is 9.53 Å². The molecule has 0 heterocycles. The SMILES string of the molecule is COc1ccccc1[C@H](C)CC(=O)NCC(C)(C)OCC1CC1. The van der Waals surface area contributed by atoms with E-state index in [9.17, 15) is 4.79 Å². The van der Waals surface area contributed by atoms with E-state index in [0.29, 0.717) is 13.0 Å². The van der Waals surface area contributed by atoms with Gasteiger partial charge >= 0.3 is 0 Å². The zero-order valence-corrected chi connectivity index (χ0v) is 14.7. The van der Waals surface area contributed by atoms with Crippen molar-refractivity contribution < 1.29 is 14.3 Å². The first-order chi connectivity index (χ1) is 10.9. The summed E-state index contributed by atoms with van der Waals surface area (Å²) in [5, 5.41) is 3.00. The molecule has 0 bridgehead atoms. The average Bonchev–Trinajstić information content (AvgIpc) is 3.35. The van der Waals surface area contributed by atoms with Gasteiger partial charge in [0.1, 0.15) is 5.75 Å². The van der Waals surface area contributed by atoms with Gasteiger partial charge in [-0.05, 0) is 50.2 Å². The lowest BCUT2D eigenvalue weighted by atomic mass is 9.96. The molecule has 1 aromatic rings. The molecule has 1 aromatic carbocycles. The number of hydrogen-bond donors (Lipinski definition) is 1. The minimum absolute atomic E-state index is 0.0477. The minimum Gasteiger partial charge on any atom is -0.496 e. The van der Waals surface area contributed by atoms with E-state index in [4.69, 9.17) is 9.47 Å². The van der Waals surface area contributed by atoms with Crippen molar-refractivity contribution in [1.82, 2.24) is 5.32 Å². The van der Waals surface area contributed by atoms with Crippen molar-refractivity contribution in [2.24, 2.45) is 5.92 Å². The summed E-state index contributed by atoms with van der Waals surface area (Å²) in [7, 11) is 1.66. The predicted molar refractivity (Wildman–Crippen MR) is 91.8 cm³/mol. The summed E-state index contributed by atoms with van der Waals surface area (Å²) in [6.07, 6.45) is 3.00. The van der Waals surface area contributed by atoms with Crippen LogP contribution < -0.4 is 10.1 Å². The number of hydrogen-bond acceptors (Lipinski definition) is 3. The number of para-hydroxylation sites is 1. The Morgan fingerprint density at radius 1 is 1.35 bits per heavy atom. The highest BCUT2D eigenvalue weighted by Crippen LogP contribution is 2.30. The molecule has 128 valence electrons. The number of ether oxygens (including phenoxy) is 2. The Balaban J connectivity index is 1.79. The molecule has 23 heavy (non-hydrogen) atoms. The van der Waals surface area contributed by atoms with E-state index < -0.39 is 0 Å². The van der Waals surface area contributed by atoms with Gasteiger partial charge in [-0.15, -0.1) is 0 Å². The molecule has 0 aliphatic heterocycles. The first-order valence-electron chi connectivity index (χ1n) is 8.45. The van der Waals surface area contributed by atoms with Crippen LogP contribution in [0.5, 0.6) is 5.75 Å². The van der Waals surface area contributed by atoms with Gasteiger partial charge in [0, 0.05) is 13.0 Å². The molecule has 1 atom stereocenters. The smallest absolute Gasteiger partial charge is 0.220 e. The van der Waals surface area contributed by atoms with E-state index in [2.05, 4.69) is 5.32 Å². The Morgan fingerprint density at radius 2 is 2.04 bits per heavy atom. The number of amides is 1. The number of methoxy groups -OCH3 is 1. The predicted octanol–water partition coefficient (Wildman–Crippen LogP) is 3.51. The Labute approximate surface area is 139 Å². The fourth-order valence-electron chi connectivity index (χ4n) is 2.52. The normalized spacial score (nSPS) is 16.0. The molecule has 0 radical (unpaired) electrons. The maximum absolute atomic E-state index is 12.2. The number of benzene rings is 1. The number of rotatable bonds is 9. The van der Waals surface area contributed by atoms with Gasteiger partial charge in [0.25, 0.3) is 0 Å². The molecule has 1 aliphatic carbocycles. The van der Waals surface area contributed by atoms with Gasteiger partial charge in [-0.1, -0.05) is 25.1 Å². The fraction of sp³-hybridized carbons (Fsp3) is 0.632. The van der Waals surface area contributed by atoms with Crippen molar-refractivity contribution in [3.05, 3.63) is 29.8 Å². The largest absolute Gasteiger partial charge is 0.496 e. The molecule has 0 unspecified atom stereocenters. The second-order valence-corrected chi connectivity index (χ2v) is 7.14. The molecule has 1 saturated carbocycles. The molecule has 1 fully saturated rings. The summed E-state index contributed by atoms with van der Waals surface area (Å²) in [6.45, 7) is 7.45. The number of carbonyl (C=O) groups excluding carboxylic acids is 1. The Morgan fingerprint density at radius 3 is 2.70 bits per heavy atom. The molecule has 4 heteroatoms. The third-order valence-corrected chi connectivity index (χ3v) is 4.28. The third kappa shape index (κ3) is 5.87. The van der Waals surface area contributed by atoms with Crippen LogP contribution in [0.3, 0.4) is 0 Å². The van der Waals surface area contributed by atoms with Gasteiger partial charge in [0.15, 0.2) is 0 Å². The van der Waals surface area contributed by atoms with Gasteiger partial charge in [-0.25, -0.2) is 0 Å². The zero-order chi connectivity index (χ0) is 16.9. The van der Waals surface area contributed by atoms with Gasteiger partial charge in [0.05, 0.1) is 19.3 Å². The van der Waals surface area contributed by atoms with Crippen LogP contribution in [0, 0.1) is 5.92 Å². The average molecular weight is 319 g/mol. The lowest BCUT2D eigenvalue weighted by Crippen LogP contribution is -2.41. The van der Waals surface area contributed by atoms with Gasteiger partial charge in [0.2, 0.25) is 5.91 Å². The maximum atomic E-state index is 12.2. The van der Waals surface area contributed by atoms with E-state index in [0.717, 1.165) is 23.8 Å². The van der Waals surface area contributed by atoms with E-state index in [1.54, 1.807) is 7.11 Å². The second-order valence-electron chi connectivity index (χ2n) is 7.14. The first-order valence-corrected chi connectivity index (χ1v) is 8.45. The number of carbonyl (C=O) groups is 1. The molecule has 0 aromatic heterocycles. The standard InChI is InChI=1S/C19H29NO3/c1-14(16-7-5-6-8-17(16)22-4)11-18(21)20-13-19(2,3)23-12-15-9-10-15/h5-8,14-15H,9-13H2,1-4H3,(H,20,21)/t14-/m1/s1. The summed E-state index contributed by atoms with van der Waals surface area (Å²) in [4.78, 5) is 12.2. The van der Waals surface area contributed by atoms with Crippen LogP contribution >= 0.6 is 0 Å². The molecular weight excluding hydrogens is 290 g/mol. The molecule has 0 spiro atoms. The van der Waals surface area contributed by atoms with E-state index in [1.165, 1.54) is 12.8 Å². The summed E-state index contributed by atoms with van der Waals surface area (Å²) in [5.74, 6) is 1.73. The van der Waals surface area contributed by atoms with Crippen molar-refractivity contribution >= 4 is 5.91 Å². The summed E-state index contributed by atoms with van der Waals surface area (Å²) >= 11 is 0. The summed E-state index contributed by atoms with van der Waals surface area (Å²) in [5.41, 5.74) is 0.751. The molecular formula is C19H29NO3. The van der Waals surface area contributed by atoms with Gasteiger partial charge < -0.3 is 14.8 Å². The van der Waals surface area contributed by atoms with Gasteiger partial charge in [-0.3, -0.25) is 4.79 Å². The zero-order valence-electron chi connectivity index (χ0n) is 14.7. The Kier molecular flexibility index (Phi) is 6.05. The van der Waals surface area contributed by atoms with Crippen LogP contribution in [0.4, 0.5) is 0 Å². The molecule has 1 N–H and O–H groups in total. The molecule has 4 nitrogen and oxygen atoms in total. The molecule has 2 rings (SSSR count). The van der Waals surface area contributed by atoms with E-state index in [1.807, 2.05) is 45.0 Å². The molecule has 1 aliphatic rings. The Bertz CT molecular complexity index is 523. The van der Waals surface area contributed by atoms with Crippen LogP contribution in [0.25, 0.3) is 0 Å².